The predicted octanol–water partition coefficient (Wildman–Crippen LogP) is 3.65. The van der Waals surface area contributed by atoms with Crippen molar-refractivity contribution in [3.05, 3.63) is 54.2 Å². The van der Waals surface area contributed by atoms with Crippen molar-refractivity contribution in [2.45, 2.75) is 32.7 Å². The highest BCUT2D eigenvalue weighted by Crippen LogP contribution is 2.38. The van der Waals surface area contributed by atoms with Crippen molar-refractivity contribution in [2.75, 3.05) is 18.0 Å². The zero-order valence-corrected chi connectivity index (χ0v) is 14.9. The molecule has 130 valence electrons. The Kier molecular flexibility index (Phi) is 4.20. The number of rotatable bonds is 2. The molecule has 0 bridgehead atoms. The summed E-state index contributed by atoms with van der Waals surface area (Å²) in [4.78, 5) is 22.1. The lowest BCUT2D eigenvalue weighted by atomic mass is 9.91. The van der Waals surface area contributed by atoms with E-state index in [4.69, 9.17) is 0 Å². The van der Waals surface area contributed by atoms with E-state index in [1.54, 1.807) is 6.20 Å². The van der Waals surface area contributed by atoms with E-state index in [1.807, 2.05) is 30.3 Å². The molecule has 0 saturated carbocycles. The standard InChI is InChI=1S/C21H25N3O/c1-15-11-16(2)14-23(13-15)21(25)19-12-17-7-3-4-8-18(17)24(19)20-9-5-6-10-22-20/h3-10,15-16,19H,11-14H2,1-2H3/t15-,16+,19?. The largest absolute Gasteiger partial charge is 0.340 e. The molecule has 4 rings (SSSR count). The summed E-state index contributed by atoms with van der Waals surface area (Å²) in [5, 5.41) is 0. The molecule has 1 amide bonds. The van der Waals surface area contributed by atoms with Crippen LogP contribution in [0.2, 0.25) is 0 Å². The van der Waals surface area contributed by atoms with Crippen LogP contribution >= 0.6 is 0 Å². The zero-order valence-electron chi connectivity index (χ0n) is 14.9. The topological polar surface area (TPSA) is 36.4 Å². The molecule has 4 heteroatoms. The number of para-hydroxylation sites is 1. The van der Waals surface area contributed by atoms with E-state index in [0.29, 0.717) is 11.8 Å². The van der Waals surface area contributed by atoms with Gasteiger partial charge in [0.1, 0.15) is 11.9 Å². The minimum Gasteiger partial charge on any atom is -0.340 e. The molecular formula is C21H25N3O. The van der Waals surface area contributed by atoms with Gasteiger partial charge in [0.05, 0.1) is 0 Å². The third-order valence-corrected chi connectivity index (χ3v) is 5.34. The van der Waals surface area contributed by atoms with Crippen molar-refractivity contribution in [1.82, 2.24) is 9.88 Å². The van der Waals surface area contributed by atoms with E-state index >= 15 is 0 Å². The van der Waals surface area contributed by atoms with Gasteiger partial charge in [-0.2, -0.15) is 0 Å². The molecule has 1 unspecified atom stereocenters. The van der Waals surface area contributed by atoms with Crippen LogP contribution in [-0.4, -0.2) is 34.9 Å². The van der Waals surface area contributed by atoms with Gasteiger partial charge in [-0.15, -0.1) is 0 Å². The van der Waals surface area contributed by atoms with E-state index in [-0.39, 0.29) is 11.9 Å². The van der Waals surface area contributed by atoms with E-state index in [0.717, 1.165) is 31.0 Å². The number of likely N-dealkylation sites (tertiary alicyclic amines) is 1. The number of pyridine rings is 1. The van der Waals surface area contributed by atoms with E-state index in [2.05, 4.69) is 40.8 Å². The first kappa shape index (κ1) is 16.1. The maximum absolute atomic E-state index is 13.4. The summed E-state index contributed by atoms with van der Waals surface area (Å²) >= 11 is 0. The van der Waals surface area contributed by atoms with Crippen LogP contribution in [0.25, 0.3) is 0 Å². The van der Waals surface area contributed by atoms with Crippen LogP contribution in [0.1, 0.15) is 25.8 Å². The van der Waals surface area contributed by atoms with Crippen molar-refractivity contribution in [2.24, 2.45) is 11.8 Å². The third kappa shape index (κ3) is 3.01. The number of aromatic nitrogens is 1. The van der Waals surface area contributed by atoms with Gasteiger partial charge in [0.25, 0.3) is 0 Å². The summed E-state index contributed by atoms with van der Waals surface area (Å²) in [5.41, 5.74) is 2.34. The zero-order chi connectivity index (χ0) is 17.4. The third-order valence-electron chi connectivity index (χ3n) is 5.34. The van der Waals surface area contributed by atoms with Gasteiger partial charge in [-0.05, 0) is 42.0 Å². The Morgan fingerprint density at radius 3 is 2.48 bits per heavy atom. The van der Waals surface area contributed by atoms with Gasteiger partial charge < -0.3 is 9.80 Å². The number of hydrogen-bond acceptors (Lipinski definition) is 3. The maximum Gasteiger partial charge on any atom is 0.246 e. The fraction of sp³-hybridized carbons (Fsp3) is 0.429. The van der Waals surface area contributed by atoms with E-state index in [9.17, 15) is 4.79 Å². The molecule has 1 fully saturated rings. The number of hydrogen-bond donors (Lipinski definition) is 0. The Balaban J connectivity index is 1.67. The number of piperidine rings is 1. The minimum absolute atomic E-state index is 0.190. The van der Waals surface area contributed by atoms with Crippen molar-refractivity contribution in [3.63, 3.8) is 0 Å². The first-order valence-corrected chi connectivity index (χ1v) is 9.20. The highest BCUT2D eigenvalue weighted by atomic mass is 16.2. The lowest BCUT2D eigenvalue weighted by Gasteiger charge is -2.38. The van der Waals surface area contributed by atoms with Crippen molar-refractivity contribution in [3.8, 4) is 0 Å². The lowest BCUT2D eigenvalue weighted by molar-refractivity contribution is -0.135. The lowest BCUT2D eigenvalue weighted by Crippen LogP contribution is -2.50. The number of carbonyl (C=O) groups is 1. The van der Waals surface area contributed by atoms with Crippen LogP contribution in [-0.2, 0) is 11.2 Å². The van der Waals surface area contributed by atoms with Gasteiger partial charge in [-0.25, -0.2) is 4.98 Å². The molecule has 0 aliphatic carbocycles. The highest BCUT2D eigenvalue weighted by Gasteiger charge is 2.39. The Morgan fingerprint density at radius 2 is 1.76 bits per heavy atom. The Bertz CT molecular complexity index is 751. The van der Waals surface area contributed by atoms with Crippen molar-refractivity contribution in [1.29, 1.82) is 0 Å². The quantitative estimate of drug-likeness (QED) is 0.840. The van der Waals surface area contributed by atoms with Crippen LogP contribution in [0.5, 0.6) is 0 Å². The van der Waals surface area contributed by atoms with Crippen LogP contribution < -0.4 is 4.90 Å². The monoisotopic (exact) mass is 335 g/mol. The smallest absolute Gasteiger partial charge is 0.246 e. The molecule has 0 spiro atoms. The average Bonchev–Trinajstić information content (AvgIpc) is 3.00. The van der Waals surface area contributed by atoms with Crippen LogP contribution in [0.3, 0.4) is 0 Å². The molecule has 2 aromatic rings. The number of benzene rings is 1. The second-order valence-electron chi connectivity index (χ2n) is 7.60. The van der Waals surface area contributed by atoms with Crippen LogP contribution in [0, 0.1) is 11.8 Å². The molecule has 4 nitrogen and oxygen atoms in total. The molecule has 1 aromatic heterocycles. The normalized spacial score (nSPS) is 25.8. The number of nitrogens with zero attached hydrogens (tertiary/aromatic N) is 3. The molecule has 0 radical (unpaired) electrons. The molecule has 25 heavy (non-hydrogen) atoms. The van der Waals surface area contributed by atoms with E-state index < -0.39 is 0 Å². The molecule has 3 heterocycles. The Labute approximate surface area is 149 Å². The Hall–Kier alpha value is -2.36. The molecule has 2 aliphatic rings. The minimum atomic E-state index is -0.190. The van der Waals surface area contributed by atoms with Crippen molar-refractivity contribution < 1.29 is 4.79 Å². The molecule has 2 aliphatic heterocycles. The van der Waals surface area contributed by atoms with Crippen LogP contribution in [0.4, 0.5) is 11.5 Å². The summed E-state index contributed by atoms with van der Waals surface area (Å²) in [6.07, 6.45) is 3.76. The SMILES string of the molecule is C[C@@H]1C[C@H](C)CN(C(=O)C2Cc3ccccc3N2c2ccccn2)C1. The fourth-order valence-corrected chi connectivity index (χ4v) is 4.42. The average molecular weight is 335 g/mol. The summed E-state index contributed by atoms with van der Waals surface area (Å²) in [6, 6.07) is 14.0. The first-order valence-electron chi connectivity index (χ1n) is 9.20. The Morgan fingerprint density at radius 1 is 1.04 bits per heavy atom. The number of amides is 1. The molecule has 3 atom stereocenters. The summed E-state index contributed by atoms with van der Waals surface area (Å²) < 4.78 is 0. The molecule has 1 saturated heterocycles. The van der Waals surface area contributed by atoms with Gasteiger partial charge in [0, 0.05) is 31.4 Å². The van der Waals surface area contributed by atoms with Crippen LogP contribution in [0.15, 0.2) is 48.7 Å². The molecular weight excluding hydrogens is 310 g/mol. The summed E-state index contributed by atoms with van der Waals surface area (Å²) in [6.45, 7) is 6.23. The molecule has 1 aromatic carbocycles. The van der Waals surface area contributed by atoms with Gasteiger partial charge in [-0.1, -0.05) is 38.1 Å². The van der Waals surface area contributed by atoms with Crippen molar-refractivity contribution >= 4 is 17.4 Å². The van der Waals surface area contributed by atoms with Gasteiger partial charge in [0.15, 0.2) is 0 Å². The highest BCUT2D eigenvalue weighted by molar-refractivity contribution is 5.91. The second-order valence-corrected chi connectivity index (χ2v) is 7.60. The van der Waals surface area contributed by atoms with Gasteiger partial charge >= 0.3 is 0 Å². The summed E-state index contributed by atoms with van der Waals surface area (Å²) in [7, 11) is 0. The predicted molar refractivity (Wildman–Crippen MR) is 99.8 cm³/mol. The van der Waals surface area contributed by atoms with Gasteiger partial charge in [-0.3, -0.25) is 4.79 Å². The molecule has 0 N–H and O–H groups in total. The maximum atomic E-state index is 13.4. The van der Waals surface area contributed by atoms with E-state index in [1.165, 1.54) is 12.0 Å². The number of fused-ring (bicyclic) bond motifs is 1. The number of carbonyl (C=O) groups excluding carboxylic acids is 1. The second kappa shape index (κ2) is 6.51. The fourth-order valence-electron chi connectivity index (χ4n) is 4.42. The number of anilines is 2. The van der Waals surface area contributed by atoms with Gasteiger partial charge in [0.2, 0.25) is 5.91 Å². The summed E-state index contributed by atoms with van der Waals surface area (Å²) in [5.74, 6) is 2.23. The first-order chi connectivity index (χ1) is 12.1.